The fourth-order valence-electron chi connectivity index (χ4n) is 7.78. The number of allylic oxidation sites excluding steroid dienone is 10. The van der Waals surface area contributed by atoms with Crippen molar-refractivity contribution in [2.24, 2.45) is 0 Å². The van der Waals surface area contributed by atoms with E-state index in [0.29, 0.717) is 19.3 Å². The Bertz CT molecular complexity index is 1250. The molecular formula is C57H102NO7+. The van der Waals surface area contributed by atoms with E-state index in [1.807, 2.05) is 21.1 Å². The second-order valence-corrected chi connectivity index (χ2v) is 19.1. The van der Waals surface area contributed by atoms with Gasteiger partial charge >= 0.3 is 17.9 Å². The summed E-state index contributed by atoms with van der Waals surface area (Å²) < 4.78 is 17.4. The van der Waals surface area contributed by atoms with E-state index in [4.69, 9.17) is 14.2 Å². The van der Waals surface area contributed by atoms with Crippen LogP contribution in [-0.4, -0.2) is 80.6 Å². The van der Waals surface area contributed by atoms with E-state index in [0.717, 1.165) is 70.6 Å². The second kappa shape index (κ2) is 47.5. The minimum absolute atomic E-state index is 0.0548. The Hall–Kier alpha value is -2.97. The molecule has 0 aliphatic heterocycles. The number of carboxylic acids is 1. The normalized spacial score (nSPS) is 13.3. The Morgan fingerprint density at radius 3 is 1.29 bits per heavy atom. The molecule has 8 nitrogen and oxygen atoms in total. The lowest BCUT2D eigenvalue weighted by molar-refractivity contribution is -0.887. The van der Waals surface area contributed by atoms with Crippen LogP contribution in [0.3, 0.4) is 0 Å². The molecule has 1 N–H and O–H groups in total. The van der Waals surface area contributed by atoms with Crippen molar-refractivity contribution in [3.63, 3.8) is 0 Å². The summed E-state index contributed by atoms with van der Waals surface area (Å²) in [6, 6.07) is -0.620. The van der Waals surface area contributed by atoms with Crippen molar-refractivity contribution >= 4 is 17.9 Å². The van der Waals surface area contributed by atoms with Crippen molar-refractivity contribution in [3.05, 3.63) is 60.8 Å². The lowest BCUT2D eigenvalue weighted by Gasteiger charge is -2.31. The maximum atomic E-state index is 12.8. The number of rotatable bonds is 48. The quantitative estimate of drug-likeness (QED) is 0.0281. The van der Waals surface area contributed by atoms with Gasteiger partial charge in [-0.05, 0) is 77.0 Å². The molecule has 2 atom stereocenters. The lowest BCUT2D eigenvalue weighted by atomic mass is 10.1. The maximum absolute atomic E-state index is 12.8. The third-order valence-electron chi connectivity index (χ3n) is 11.9. The van der Waals surface area contributed by atoms with Crippen LogP contribution in [0.2, 0.25) is 0 Å². The van der Waals surface area contributed by atoms with E-state index in [1.165, 1.54) is 128 Å². The van der Waals surface area contributed by atoms with Gasteiger partial charge in [0.15, 0.2) is 12.1 Å². The van der Waals surface area contributed by atoms with Crippen LogP contribution in [0, 0.1) is 0 Å². The standard InChI is InChI=1S/C57H101NO7/c1-6-8-10-12-14-16-18-20-22-24-26-28-30-32-34-36-38-40-42-44-46-48-56(60)65-53(51-63-50-49-54(57(61)62)58(3,4)5)52-64-55(59)47-45-43-41-39-37-35-33-31-29-27-25-23-21-19-17-15-13-11-9-7-2/h9,11,15,17,21,23,27-30,53-54H,6-8,10,12-14,16,18-20,22,24-26,31-52H2,1-5H3/p+1/b11-9+,17-15+,23-21+,29-27+,30-28+. The van der Waals surface area contributed by atoms with Crippen molar-refractivity contribution in [1.82, 2.24) is 0 Å². The number of unbranched alkanes of at least 4 members (excludes halogenated alkanes) is 24. The van der Waals surface area contributed by atoms with E-state index in [1.54, 1.807) is 0 Å². The first-order chi connectivity index (χ1) is 31.6. The highest BCUT2D eigenvalue weighted by molar-refractivity contribution is 5.72. The van der Waals surface area contributed by atoms with Gasteiger partial charge in [0.1, 0.15) is 6.61 Å². The van der Waals surface area contributed by atoms with Crippen molar-refractivity contribution in [3.8, 4) is 0 Å². The number of hydrogen-bond donors (Lipinski definition) is 1. The van der Waals surface area contributed by atoms with Gasteiger partial charge in [0, 0.05) is 19.3 Å². The third-order valence-corrected chi connectivity index (χ3v) is 11.9. The van der Waals surface area contributed by atoms with Crippen molar-refractivity contribution in [2.75, 3.05) is 41.0 Å². The monoisotopic (exact) mass is 913 g/mol. The highest BCUT2D eigenvalue weighted by atomic mass is 16.6. The summed E-state index contributed by atoms with van der Waals surface area (Å²) in [6.45, 7) is 4.63. The van der Waals surface area contributed by atoms with Gasteiger partial charge < -0.3 is 23.8 Å². The van der Waals surface area contributed by atoms with Crippen LogP contribution in [0.25, 0.3) is 0 Å². The van der Waals surface area contributed by atoms with Gasteiger partial charge in [0.25, 0.3) is 0 Å². The lowest BCUT2D eigenvalue weighted by Crippen LogP contribution is -2.50. The number of carbonyl (C=O) groups is 3. The van der Waals surface area contributed by atoms with Crippen LogP contribution in [0.4, 0.5) is 0 Å². The molecule has 2 unspecified atom stereocenters. The molecule has 0 aliphatic rings. The second-order valence-electron chi connectivity index (χ2n) is 19.1. The number of aliphatic carboxylic acids is 1. The van der Waals surface area contributed by atoms with Crippen LogP contribution >= 0.6 is 0 Å². The average molecular weight is 913 g/mol. The molecule has 0 aliphatic carbocycles. The van der Waals surface area contributed by atoms with Gasteiger partial charge in [-0.15, -0.1) is 0 Å². The average Bonchev–Trinajstić information content (AvgIpc) is 3.27. The predicted octanol–water partition coefficient (Wildman–Crippen LogP) is 15.7. The van der Waals surface area contributed by atoms with E-state index in [9.17, 15) is 19.5 Å². The largest absolute Gasteiger partial charge is 0.477 e. The van der Waals surface area contributed by atoms with Crippen LogP contribution in [0.1, 0.15) is 232 Å². The van der Waals surface area contributed by atoms with Gasteiger partial charge in [-0.25, -0.2) is 4.79 Å². The fraction of sp³-hybridized carbons (Fsp3) is 0.772. The number of carboxylic acid groups (broad SMARTS) is 1. The number of nitrogens with zero attached hydrogens (tertiary/aromatic N) is 1. The molecule has 0 aromatic carbocycles. The van der Waals surface area contributed by atoms with Crippen molar-refractivity contribution in [1.29, 1.82) is 0 Å². The topological polar surface area (TPSA) is 99.1 Å². The maximum Gasteiger partial charge on any atom is 0.362 e. The summed E-state index contributed by atoms with van der Waals surface area (Å²) in [7, 11) is 5.53. The molecule has 376 valence electrons. The van der Waals surface area contributed by atoms with Gasteiger partial charge in [-0.3, -0.25) is 9.59 Å². The van der Waals surface area contributed by atoms with Crippen LogP contribution < -0.4 is 0 Å². The summed E-state index contributed by atoms with van der Waals surface area (Å²) in [6.07, 6.45) is 59.9. The zero-order valence-electron chi connectivity index (χ0n) is 42.9. The van der Waals surface area contributed by atoms with Gasteiger partial charge in [0.2, 0.25) is 0 Å². The molecule has 0 aromatic heterocycles. The van der Waals surface area contributed by atoms with Crippen LogP contribution in [-0.2, 0) is 28.6 Å². The summed E-state index contributed by atoms with van der Waals surface area (Å²) >= 11 is 0. The minimum Gasteiger partial charge on any atom is -0.477 e. The Labute approximate surface area is 400 Å². The molecule has 8 heteroatoms. The zero-order valence-corrected chi connectivity index (χ0v) is 42.9. The Morgan fingerprint density at radius 1 is 0.477 bits per heavy atom. The molecule has 0 saturated carbocycles. The number of hydrogen-bond acceptors (Lipinski definition) is 6. The summed E-state index contributed by atoms with van der Waals surface area (Å²) in [5, 5.41) is 9.66. The number of likely N-dealkylation sites (N-methyl/N-ethyl adjacent to an activating group) is 1. The third kappa shape index (κ3) is 46.0. The van der Waals surface area contributed by atoms with E-state index < -0.39 is 18.1 Å². The molecule has 0 aromatic rings. The Balaban J connectivity index is 4.24. The first kappa shape index (κ1) is 62.0. The minimum atomic E-state index is -0.877. The van der Waals surface area contributed by atoms with Gasteiger partial charge in [-0.2, -0.15) is 0 Å². The molecule has 0 rings (SSSR count). The van der Waals surface area contributed by atoms with Crippen molar-refractivity contribution in [2.45, 2.75) is 244 Å². The molecule has 0 radical (unpaired) electrons. The number of quaternary nitrogens is 1. The fourth-order valence-corrected chi connectivity index (χ4v) is 7.78. The molecule has 65 heavy (non-hydrogen) atoms. The molecular weight excluding hydrogens is 811 g/mol. The summed E-state index contributed by atoms with van der Waals surface area (Å²) in [4.78, 5) is 37.2. The highest BCUT2D eigenvalue weighted by Gasteiger charge is 2.31. The Kier molecular flexibility index (Phi) is 45.3. The smallest absolute Gasteiger partial charge is 0.362 e. The summed E-state index contributed by atoms with van der Waals surface area (Å²) in [5.74, 6) is -1.48. The first-order valence-corrected chi connectivity index (χ1v) is 26.8. The SMILES string of the molecule is CC/C=C/C/C=C/C/C=C/C/C=C/CCCCCCCCCC(=O)OCC(COCCC(C(=O)O)[N+](C)(C)C)OC(=O)CCCCCCCCC/C=C/CCCCCCCCCCCC. The molecule has 0 heterocycles. The number of carbonyl (C=O) groups excluding carboxylic acids is 2. The Morgan fingerprint density at radius 2 is 0.862 bits per heavy atom. The first-order valence-electron chi connectivity index (χ1n) is 26.8. The molecule has 0 fully saturated rings. The molecule has 0 amide bonds. The molecule has 0 spiro atoms. The summed E-state index contributed by atoms with van der Waals surface area (Å²) in [5.41, 5.74) is 0. The van der Waals surface area contributed by atoms with Crippen molar-refractivity contribution < 1.29 is 38.2 Å². The highest BCUT2D eigenvalue weighted by Crippen LogP contribution is 2.15. The van der Waals surface area contributed by atoms with Gasteiger partial charge in [-0.1, -0.05) is 197 Å². The van der Waals surface area contributed by atoms with E-state index in [-0.39, 0.29) is 36.2 Å². The van der Waals surface area contributed by atoms with E-state index >= 15 is 0 Å². The number of esters is 2. The predicted molar refractivity (Wildman–Crippen MR) is 275 cm³/mol. The van der Waals surface area contributed by atoms with Crippen LogP contribution in [0.15, 0.2) is 60.8 Å². The van der Waals surface area contributed by atoms with Crippen LogP contribution in [0.5, 0.6) is 0 Å². The van der Waals surface area contributed by atoms with E-state index in [2.05, 4.69) is 74.6 Å². The molecule has 0 bridgehead atoms. The van der Waals surface area contributed by atoms with Gasteiger partial charge in [0.05, 0.1) is 34.4 Å². The molecule has 0 saturated heterocycles. The zero-order chi connectivity index (χ0) is 47.7. The number of ether oxygens (including phenoxy) is 3.